The van der Waals surface area contributed by atoms with Gasteiger partial charge in [-0.25, -0.2) is 9.59 Å². The molecule has 0 unspecified atom stereocenters. The maximum Gasteiger partial charge on any atom is 0.419 e. The minimum Gasteiger partial charge on any atom is -0.444 e. The van der Waals surface area contributed by atoms with Gasteiger partial charge in [0.05, 0.1) is 11.6 Å². The molecule has 0 radical (unpaired) electrons. The van der Waals surface area contributed by atoms with Gasteiger partial charge in [-0.05, 0) is 62.4 Å². The predicted molar refractivity (Wildman–Crippen MR) is 139 cm³/mol. The second-order valence-electron chi connectivity index (χ2n) is 10.6. The first kappa shape index (κ1) is 26.0. The number of nitriles is 1. The number of nitrogens with one attached hydrogen (secondary N) is 2. The summed E-state index contributed by atoms with van der Waals surface area (Å²) in [6, 6.07) is 14.7. The fourth-order valence-electron chi connectivity index (χ4n) is 4.69. The van der Waals surface area contributed by atoms with Gasteiger partial charge in [-0.1, -0.05) is 43.2 Å². The van der Waals surface area contributed by atoms with Crippen LogP contribution in [-0.2, 0) is 23.0 Å². The van der Waals surface area contributed by atoms with Crippen LogP contribution in [0.15, 0.2) is 51.7 Å². The third-order valence-electron chi connectivity index (χ3n) is 6.61. The van der Waals surface area contributed by atoms with E-state index in [-0.39, 0.29) is 5.91 Å². The van der Waals surface area contributed by atoms with Crippen molar-refractivity contribution in [2.45, 2.75) is 70.1 Å². The molecule has 9 heteroatoms. The van der Waals surface area contributed by atoms with E-state index >= 15 is 0 Å². The lowest BCUT2D eigenvalue weighted by atomic mass is 9.95. The highest BCUT2D eigenvalue weighted by Gasteiger charge is 2.44. The van der Waals surface area contributed by atoms with Gasteiger partial charge in [-0.2, -0.15) is 5.26 Å². The number of nitrogens with zero attached hydrogens (tertiary/aromatic N) is 2. The molecule has 4 rings (SSSR count). The monoisotopic (exact) mass is 504 g/mol. The van der Waals surface area contributed by atoms with E-state index in [0.29, 0.717) is 30.4 Å². The zero-order valence-electron chi connectivity index (χ0n) is 21.6. The third-order valence-corrected chi connectivity index (χ3v) is 6.61. The predicted octanol–water partition coefficient (Wildman–Crippen LogP) is 4.19. The van der Waals surface area contributed by atoms with E-state index in [9.17, 15) is 19.6 Å². The second kappa shape index (κ2) is 10.1. The number of aryl methyl sites for hydroxylation is 1. The van der Waals surface area contributed by atoms with Gasteiger partial charge in [-0.3, -0.25) is 9.36 Å². The Morgan fingerprint density at radius 2 is 1.78 bits per heavy atom. The third kappa shape index (κ3) is 5.85. The van der Waals surface area contributed by atoms with Gasteiger partial charge < -0.3 is 19.8 Å². The van der Waals surface area contributed by atoms with Crippen LogP contribution >= 0.6 is 0 Å². The molecule has 1 fully saturated rings. The summed E-state index contributed by atoms with van der Waals surface area (Å²) in [6.45, 7) is 5.30. The van der Waals surface area contributed by atoms with Crippen LogP contribution in [0.1, 0.15) is 52.0 Å². The van der Waals surface area contributed by atoms with Crippen molar-refractivity contribution in [1.82, 2.24) is 15.2 Å². The van der Waals surface area contributed by atoms with Gasteiger partial charge in [0.2, 0.25) is 5.91 Å². The molecule has 1 aliphatic carbocycles. The molecule has 1 saturated carbocycles. The van der Waals surface area contributed by atoms with Gasteiger partial charge in [0.1, 0.15) is 17.2 Å². The number of hydrogen-bond acceptors (Lipinski definition) is 6. The van der Waals surface area contributed by atoms with E-state index in [1.165, 1.54) is 4.57 Å². The number of alkyl carbamates (subject to hydrolysis) is 1. The van der Waals surface area contributed by atoms with Crippen LogP contribution in [0.25, 0.3) is 22.2 Å². The van der Waals surface area contributed by atoms with E-state index in [0.717, 1.165) is 29.5 Å². The van der Waals surface area contributed by atoms with Crippen LogP contribution in [0.4, 0.5) is 4.79 Å². The minimum atomic E-state index is -1.08. The summed E-state index contributed by atoms with van der Waals surface area (Å²) in [4.78, 5) is 37.4. The number of rotatable bonds is 6. The molecule has 3 aromatic rings. The summed E-state index contributed by atoms with van der Waals surface area (Å²) in [6.07, 6.45) is 2.29. The largest absolute Gasteiger partial charge is 0.444 e. The fraction of sp³-hybridized carbons (Fsp3) is 0.429. The molecular formula is C28H32N4O5. The van der Waals surface area contributed by atoms with E-state index in [1.54, 1.807) is 33.9 Å². The molecule has 1 heterocycles. The Morgan fingerprint density at radius 3 is 2.41 bits per heavy atom. The number of carbonyl (C=O) groups is 2. The van der Waals surface area contributed by atoms with E-state index in [1.807, 2.05) is 36.4 Å². The summed E-state index contributed by atoms with van der Waals surface area (Å²) in [5, 5.41) is 15.3. The second-order valence-corrected chi connectivity index (χ2v) is 10.6. The van der Waals surface area contributed by atoms with Crippen LogP contribution < -0.4 is 16.4 Å². The Kier molecular flexibility index (Phi) is 7.12. The van der Waals surface area contributed by atoms with Crippen molar-refractivity contribution >= 4 is 23.1 Å². The highest BCUT2D eigenvalue weighted by atomic mass is 16.6. The molecule has 1 atom stereocenters. The van der Waals surface area contributed by atoms with Crippen LogP contribution in [0.5, 0.6) is 0 Å². The summed E-state index contributed by atoms with van der Waals surface area (Å²) < 4.78 is 12.0. The van der Waals surface area contributed by atoms with E-state index in [4.69, 9.17) is 9.15 Å². The first-order valence-corrected chi connectivity index (χ1v) is 12.4. The molecule has 2 aromatic carbocycles. The van der Waals surface area contributed by atoms with Crippen LogP contribution in [-0.4, -0.2) is 33.7 Å². The zero-order valence-corrected chi connectivity index (χ0v) is 21.6. The highest BCUT2D eigenvalue weighted by molar-refractivity contribution is 5.90. The van der Waals surface area contributed by atoms with Crippen LogP contribution in [0, 0.1) is 11.3 Å². The minimum absolute atomic E-state index is 0.320. The Bertz CT molecular complexity index is 1400. The van der Waals surface area contributed by atoms with Crippen molar-refractivity contribution in [2.75, 3.05) is 0 Å². The first-order chi connectivity index (χ1) is 17.5. The van der Waals surface area contributed by atoms with Gasteiger partial charge in [-0.15, -0.1) is 0 Å². The molecule has 2 N–H and O–H groups in total. The molecule has 0 bridgehead atoms. The lowest BCUT2D eigenvalue weighted by Crippen LogP contribution is -2.59. The molecule has 1 aromatic heterocycles. The Hall–Kier alpha value is -4.06. The quantitative estimate of drug-likeness (QED) is 0.518. The standard InChI is InChI=1S/C28H32N4O5/c1-27(2,3)37-25(34)31-28(13-5-6-14-28)24(33)30-21(17-29)15-18-7-9-19(10-8-18)20-11-12-23-22(16-20)32(4)26(35)36-23/h7-12,16,21H,5-6,13-15H2,1-4H3,(H,30,33)(H,31,34)/t21-/m0/s1. The number of benzene rings is 2. The van der Waals surface area contributed by atoms with Crippen LogP contribution in [0.3, 0.4) is 0 Å². The molecule has 1 aliphatic rings. The molecular weight excluding hydrogens is 472 g/mol. The van der Waals surface area contributed by atoms with Crippen molar-refractivity contribution in [3.63, 3.8) is 0 Å². The lowest BCUT2D eigenvalue weighted by molar-refractivity contribution is -0.128. The number of oxazole rings is 1. The average molecular weight is 505 g/mol. The van der Waals surface area contributed by atoms with Crippen molar-refractivity contribution in [3.05, 3.63) is 58.6 Å². The summed E-state index contributed by atoms with van der Waals surface area (Å²) in [5.41, 5.74) is 2.24. The average Bonchev–Trinajstić information content (AvgIpc) is 3.42. The SMILES string of the molecule is Cn1c(=O)oc2ccc(-c3ccc(C[C@@H](C#N)NC(=O)C4(NC(=O)OC(C)(C)C)CCCC4)cc3)cc21. The first-order valence-electron chi connectivity index (χ1n) is 12.4. The van der Waals surface area contributed by atoms with E-state index < -0.39 is 29.0 Å². The van der Waals surface area contributed by atoms with Gasteiger partial charge in [0, 0.05) is 13.5 Å². The normalized spacial score (nSPS) is 15.6. The molecule has 0 aliphatic heterocycles. The zero-order chi connectivity index (χ0) is 26.8. The number of aromatic nitrogens is 1. The van der Waals surface area contributed by atoms with Crippen molar-refractivity contribution in [2.24, 2.45) is 7.05 Å². The number of fused-ring (bicyclic) bond motifs is 1. The summed E-state index contributed by atoms with van der Waals surface area (Å²) >= 11 is 0. The summed E-state index contributed by atoms with van der Waals surface area (Å²) in [5.74, 6) is -0.772. The van der Waals surface area contributed by atoms with Gasteiger partial charge in [0.15, 0.2) is 5.58 Å². The number of amides is 2. The van der Waals surface area contributed by atoms with Crippen molar-refractivity contribution < 1.29 is 18.7 Å². The molecule has 9 nitrogen and oxygen atoms in total. The lowest BCUT2D eigenvalue weighted by Gasteiger charge is -2.31. The smallest absolute Gasteiger partial charge is 0.419 e. The summed E-state index contributed by atoms with van der Waals surface area (Å²) in [7, 11) is 1.66. The maximum absolute atomic E-state index is 13.2. The van der Waals surface area contributed by atoms with Gasteiger partial charge >= 0.3 is 11.8 Å². The topological polar surface area (TPSA) is 126 Å². The molecule has 194 valence electrons. The Balaban J connectivity index is 1.44. The number of carbonyl (C=O) groups excluding carboxylic acids is 2. The molecule has 2 amide bonds. The molecule has 37 heavy (non-hydrogen) atoms. The number of hydrogen-bond donors (Lipinski definition) is 2. The fourth-order valence-corrected chi connectivity index (χ4v) is 4.69. The molecule has 0 spiro atoms. The Morgan fingerprint density at radius 1 is 1.14 bits per heavy atom. The van der Waals surface area contributed by atoms with Crippen molar-refractivity contribution in [3.8, 4) is 17.2 Å². The van der Waals surface area contributed by atoms with Crippen LogP contribution in [0.2, 0.25) is 0 Å². The Labute approximate surface area is 215 Å². The number of ether oxygens (including phenoxy) is 1. The van der Waals surface area contributed by atoms with E-state index in [2.05, 4.69) is 16.7 Å². The van der Waals surface area contributed by atoms with Gasteiger partial charge in [0.25, 0.3) is 0 Å². The maximum atomic E-state index is 13.2. The molecule has 0 saturated heterocycles. The highest BCUT2D eigenvalue weighted by Crippen LogP contribution is 2.31. The van der Waals surface area contributed by atoms with Crippen molar-refractivity contribution in [1.29, 1.82) is 5.26 Å².